The minimum absolute atomic E-state index is 0.0678. The molecule has 0 aromatic heterocycles. The molecule has 0 fully saturated rings. The Bertz CT molecular complexity index is 615. The molecule has 0 radical (unpaired) electrons. The van der Waals surface area contributed by atoms with Crippen LogP contribution >= 0.6 is 12.6 Å². The molecule has 0 saturated heterocycles. The highest BCUT2D eigenvalue weighted by atomic mass is 32.1. The molecular weight excluding hydrogens is 402 g/mol. The summed E-state index contributed by atoms with van der Waals surface area (Å²) in [7, 11) is 0. The number of rotatable bonds is 13. The molecule has 0 spiro atoms. The van der Waals surface area contributed by atoms with Gasteiger partial charge in [0.2, 0.25) is 23.6 Å². The van der Waals surface area contributed by atoms with E-state index in [9.17, 15) is 24.0 Å². The summed E-state index contributed by atoms with van der Waals surface area (Å²) in [4.78, 5) is 58.9. The Morgan fingerprint density at radius 2 is 1.45 bits per heavy atom. The number of hydrogen-bond acceptors (Lipinski definition) is 7. The molecule has 0 aliphatic heterocycles. The molecular formula is C17H31N5O6S. The van der Waals surface area contributed by atoms with E-state index in [0.717, 1.165) is 0 Å². The van der Waals surface area contributed by atoms with E-state index in [4.69, 9.17) is 16.6 Å². The third-order valence-corrected chi connectivity index (χ3v) is 4.28. The average molecular weight is 434 g/mol. The van der Waals surface area contributed by atoms with Crippen LogP contribution in [0.4, 0.5) is 0 Å². The highest BCUT2D eigenvalue weighted by molar-refractivity contribution is 7.80. The molecule has 0 unspecified atom stereocenters. The van der Waals surface area contributed by atoms with Crippen molar-refractivity contribution in [1.29, 1.82) is 0 Å². The number of primary amides is 1. The van der Waals surface area contributed by atoms with Gasteiger partial charge < -0.3 is 32.5 Å². The lowest BCUT2D eigenvalue weighted by atomic mass is 10.0. The van der Waals surface area contributed by atoms with Gasteiger partial charge in [-0.2, -0.15) is 12.6 Å². The molecule has 4 atom stereocenters. The van der Waals surface area contributed by atoms with E-state index >= 15 is 0 Å². The van der Waals surface area contributed by atoms with Crippen molar-refractivity contribution in [2.24, 2.45) is 17.4 Å². The molecule has 0 aliphatic carbocycles. The van der Waals surface area contributed by atoms with Gasteiger partial charge >= 0.3 is 5.97 Å². The van der Waals surface area contributed by atoms with Gasteiger partial charge in [0.25, 0.3) is 0 Å². The first-order chi connectivity index (χ1) is 13.4. The van der Waals surface area contributed by atoms with Gasteiger partial charge in [-0.25, -0.2) is 0 Å². The summed E-state index contributed by atoms with van der Waals surface area (Å²) in [5, 5.41) is 16.0. The monoisotopic (exact) mass is 433 g/mol. The fourth-order valence-corrected chi connectivity index (χ4v) is 2.55. The Kier molecular flexibility index (Phi) is 11.9. The van der Waals surface area contributed by atoms with Crippen molar-refractivity contribution in [3.05, 3.63) is 0 Å². The maximum atomic E-state index is 12.5. The third-order valence-electron chi connectivity index (χ3n) is 3.92. The lowest BCUT2D eigenvalue weighted by molar-refractivity contribution is -0.142. The van der Waals surface area contributed by atoms with Crippen molar-refractivity contribution >= 4 is 42.2 Å². The zero-order valence-electron chi connectivity index (χ0n) is 16.8. The number of carbonyl (C=O) groups excluding carboxylic acids is 4. The first-order valence-electron chi connectivity index (χ1n) is 9.17. The molecule has 8 N–H and O–H groups in total. The number of aliphatic carboxylic acids is 1. The number of amides is 4. The van der Waals surface area contributed by atoms with Crippen LogP contribution in [0.5, 0.6) is 0 Å². The molecule has 0 aliphatic rings. The number of carboxylic acid groups (broad SMARTS) is 1. The van der Waals surface area contributed by atoms with Gasteiger partial charge in [0.15, 0.2) is 0 Å². The highest BCUT2D eigenvalue weighted by Crippen LogP contribution is 2.04. The second kappa shape index (κ2) is 13.0. The smallest absolute Gasteiger partial charge is 0.325 e. The van der Waals surface area contributed by atoms with Gasteiger partial charge in [0, 0.05) is 12.2 Å². The van der Waals surface area contributed by atoms with E-state index in [1.165, 1.54) is 6.92 Å². The van der Waals surface area contributed by atoms with E-state index in [1.54, 1.807) is 0 Å². The summed E-state index contributed by atoms with van der Waals surface area (Å²) in [6.45, 7) is 5.05. The summed E-state index contributed by atoms with van der Waals surface area (Å²) in [6, 6.07) is -4.31. The Morgan fingerprint density at radius 3 is 1.90 bits per heavy atom. The molecule has 166 valence electrons. The minimum atomic E-state index is -1.27. The van der Waals surface area contributed by atoms with Crippen LogP contribution in [0.1, 0.15) is 40.0 Å². The Hall–Kier alpha value is -2.34. The fraction of sp³-hybridized carbons (Fsp3) is 0.706. The fourth-order valence-electron chi connectivity index (χ4n) is 2.29. The van der Waals surface area contributed by atoms with E-state index in [0.29, 0.717) is 6.42 Å². The van der Waals surface area contributed by atoms with Gasteiger partial charge in [0.05, 0.1) is 6.04 Å². The van der Waals surface area contributed by atoms with E-state index < -0.39 is 53.8 Å². The van der Waals surface area contributed by atoms with Gasteiger partial charge in [0.1, 0.15) is 18.1 Å². The van der Waals surface area contributed by atoms with Crippen molar-refractivity contribution in [3.8, 4) is 0 Å². The molecule has 4 amide bonds. The van der Waals surface area contributed by atoms with Crippen molar-refractivity contribution in [2.45, 2.75) is 64.2 Å². The van der Waals surface area contributed by atoms with Crippen LogP contribution in [0.3, 0.4) is 0 Å². The van der Waals surface area contributed by atoms with Gasteiger partial charge in [-0.3, -0.25) is 24.0 Å². The van der Waals surface area contributed by atoms with Crippen LogP contribution in [-0.2, 0) is 24.0 Å². The lowest BCUT2D eigenvalue weighted by Crippen LogP contribution is -2.57. The standard InChI is InChI=1S/C17H31N5O6S/c1-8(2)6-10(18)14(24)22-12(7-29)16(26)21-11(4-5-13(19)23)15(25)20-9(3)17(27)28/h8-12,29H,4-7,18H2,1-3H3,(H2,19,23)(H,20,25)(H,21,26)(H,22,24)(H,27,28)/t9-,10-,11-,12-/m0/s1. The molecule has 12 heteroatoms. The van der Waals surface area contributed by atoms with Crippen LogP contribution in [0.25, 0.3) is 0 Å². The number of carbonyl (C=O) groups is 5. The van der Waals surface area contributed by atoms with E-state index in [1.807, 2.05) is 13.8 Å². The number of carboxylic acids is 1. The zero-order valence-corrected chi connectivity index (χ0v) is 17.7. The summed E-state index contributed by atoms with van der Waals surface area (Å²) in [6.07, 6.45) is 0.0692. The second-order valence-corrected chi connectivity index (χ2v) is 7.48. The number of nitrogens with one attached hydrogen (secondary N) is 3. The summed E-state index contributed by atoms with van der Waals surface area (Å²) in [5.74, 6) is -3.91. The topological polar surface area (TPSA) is 194 Å². The largest absolute Gasteiger partial charge is 0.480 e. The molecule has 0 aromatic carbocycles. The molecule has 0 aromatic rings. The highest BCUT2D eigenvalue weighted by Gasteiger charge is 2.29. The molecule has 0 heterocycles. The SMILES string of the molecule is CC(C)C[C@H](N)C(=O)N[C@@H](CS)C(=O)N[C@@H](CCC(N)=O)C(=O)N[C@@H](C)C(=O)O. The zero-order chi connectivity index (χ0) is 22.7. The number of hydrogen-bond donors (Lipinski definition) is 7. The van der Waals surface area contributed by atoms with Crippen molar-refractivity contribution in [2.75, 3.05) is 5.75 Å². The van der Waals surface area contributed by atoms with Crippen LogP contribution in [0.15, 0.2) is 0 Å². The predicted octanol–water partition coefficient (Wildman–Crippen LogP) is -1.89. The normalized spacial score (nSPS) is 15.0. The Morgan fingerprint density at radius 1 is 0.931 bits per heavy atom. The Balaban J connectivity index is 5.13. The van der Waals surface area contributed by atoms with Crippen LogP contribution in [-0.4, -0.2) is 64.6 Å². The van der Waals surface area contributed by atoms with E-state index in [2.05, 4.69) is 28.6 Å². The Labute approximate surface area is 175 Å². The van der Waals surface area contributed by atoms with Crippen molar-refractivity contribution in [1.82, 2.24) is 16.0 Å². The van der Waals surface area contributed by atoms with Crippen molar-refractivity contribution in [3.63, 3.8) is 0 Å². The second-order valence-electron chi connectivity index (χ2n) is 7.11. The van der Waals surface area contributed by atoms with Gasteiger partial charge in [-0.05, 0) is 25.7 Å². The molecule has 29 heavy (non-hydrogen) atoms. The summed E-state index contributed by atoms with van der Waals surface area (Å²) in [5.41, 5.74) is 10.9. The minimum Gasteiger partial charge on any atom is -0.480 e. The average Bonchev–Trinajstić information content (AvgIpc) is 2.61. The molecule has 0 bridgehead atoms. The maximum Gasteiger partial charge on any atom is 0.325 e. The number of nitrogens with two attached hydrogens (primary N) is 2. The van der Waals surface area contributed by atoms with Crippen LogP contribution in [0, 0.1) is 5.92 Å². The lowest BCUT2D eigenvalue weighted by Gasteiger charge is -2.24. The summed E-state index contributed by atoms with van der Waals surface area (Å²) < 4.78 is 0. The van der Waals surface area contributed by atoms with E-state index in [-0.39, 0.29) is 24.5 Å². The summed E-state index contributed by atoms with van der Waals surface area (Å²) >= 11 is 4.04. The van der Waals surface area contributed by atoms with Crippen molar-refractivity contribution < 1.29 is 29.1 Å². The predicted molar refractivity (Wildman–Crippen MR) is 109 cm³/mol. The maximum absolute atomic E-state index is 12.5. The van der Waals surface area contributed by atoms with Crippen LogP contribution in [0.2, 0.25) is 0 Å². The quantitative estimate of drug-likeness (QED) is 0.165. The van der Waals surface area contributed by atoms with Crippen LogP contribution < -0.4 is 27.4 Å². The first-order valence-corrected chi connectivity index (χ1v) is 9.80. The van der Waals surface area contributed by atoms with Gasteiger partial charge in [-0.1, -0.05) is 13.8 Å². The first kappa shape index (κ1) is 26.7. The van der Waals surface area contributed by atoms with Gasteiger partial charge in [-0.15, -0.1) is 0 Å². The molecule has 0 saturated carbocycles. The molecule has 0 rings (SSSR count). The third kappa shape index (κ3) is 10.7. The molecule has 11 nitrogen and oxygen atoms in total. The number of thiol groups is 1.